The molecule has 8 heteroatoms. The van der Waals surface area contributed by atoms with Crippen molar-refractivity contribution >= 4 is 32.7 Å². The van der Waals surface area contributed by atoms with Gasteiger partial charge in [0.1, 0.15) is 11.3 Å². The van der Waals surface area contributed by atoms with Crippen molar-refractivity contribution < 1.29 is 23.1 Å². The molecule has 0 unspecified atom stereocenters. The molecule has 0 spiro atoms. The van der Waals surface area contributed by atoms with Crippen molar-refractivity contribution in [3.05, 3.63) is 74.6 Å². The SMILES string of the molecule is O=C(O)c1ccc(C(F)(F)F)n(-c2cccc3c(Br)cccc23)c1=O. The van der Waals surface area contributed by atoms with E-state index < -0.39 is 29.0 Å². The zero-order valence-corrected chi connectivity index (χ0v) is 13.9. The number of rotatable bonds is 2. The summed E-state index contributed by atoms with van der Waals surface area (Å²) in [6.07, 6.45) is -4.83. The molecule has 0 aliphatic rings. The van der Waals surface area contributed by atoms with Crippen LogP contribution in [0.1, 0.15) is 16.1 Å². The molecule has 0 aliphatic heterocycles. The minimum atomic E-state index is -4.83. The predicted octanol–water partition coefficient (Wildman–Crippen LogP) is 4.47. The highest BCUT2D eigenvalue weighted by Gasteiger charge is 2.36. The molecule has 0 saturated carbocycles. The summed E-state index contributed by atoms with van der Waals surface area (Å²) in [5, 5.41) is 10.1. The smallest absolute Gasteiger partial charge is 0.431 e. The fourth-order valence-corrected chi connectivity index (χ4v) is 3.11. The zero-order valence-electron chi connectivity index (χ0n) is 12.3. The van der Waals surface area contributed by atoms with Gasteiger partial charge in [0.25, 0.3) is 5.56 Å². The molecule has 0 fully saturated rings. The van der Waals surface area contributed by atoms with Gasteiger partial charge < -0.3 is 5.11 Å². The number of halogens is 4. The van der Waals surface area contributed by atoms with Crippen molar-refractivity contribution in [2.75, 3.05) is 0 Å². The van der Waals surface area contributed by atoms with Gasteiger partial charge in [0.2, 0.25) is 0 Å². The molecule has 25 heavy (non-hydrogen) atoms. The molecule has 4 nitrogen and oxygen atoms in total. The minimum Gasteiger partial charge on any atom is -0.477 e. The Morgan fingerprint density at radius 1 is 1.00 bits per heavy atom. The van der Waals surface area contributed by atoms with Crippen LogP contribution in [0.25, 0.3) is 16.5 Å². The van der Waals surface area contributed by atoms with E-state index in [9.17, 15) is 22.8 Å². The van der Waals surface area contributed by atoms with E-state index >= 15 is 0 Å². The first kappa shape index (κ1) is 17.2. The highest BCUT2D eigenvalue weighted by Crippen LogP contribution is 2.33. The Labute approximate surface area is 147 Å². The Morgan fingerprint density at radius 2 is 1.64 bits per heavy atom. The third kappa shape index (κ3) is 2.93. The maximum absolute atomic E-state index is 13.4. The molecule has 0 atom stereocenters. The van der Waals surface area contributed by atoms with Gasteiger partial charge in [0, 0.05) is 9.86 Å². The number of nitrogens with zero attached hydrogens (tertiary/aromatic N) is 1. The minimum absolute atomic E-state index is 0.0424. The average Bonchev–Trinajstić information content (AvgIpc) is 2.53. The number of carboxylic acids is 1. The predicted molar refractivity (Wildman–Crippen MR) is 89.2 cm³/mol. The highest BCUT2D eigenvalue weighted by molar-refractivity contribution is 9.10. The third-order valence-corrected chi connectivity index (χ3v) is 4.38. The Bertz CT molecular complexity index is 1060. The Morgan fingerprint density at radius 3 is 2.28 bits per heavy atom. The van der Waals surface area contributed by atoms with Crippen LogP contribution in [-0.4, -0.2) is 15.6 Å². The van der Waals surface area contributed by atoms with Gasteiger partial charge in [-0.25, -0.2) is 4.79 Å². The summed E-state index contributed by atoms with van der Waals surface area (Å²) in [5.74, 6) is -1.59. The number of alkyl halides is 3. The quantitative estimate of drug-likeness (QED) is 0.676. The standard InChI is InChI=1S/C17H9BrF3NO3/c18-12-5-1-4-10-9(12)3-2-6-13(10)22-14(17(19,20)21)8-7-11(15(22)23)16(24)25/h1-8H,(H,24,25). The molecule has 1 heterocycles. The lowest BCUT2D eigenvalue weighted by Crippen LogP contribution is -2.30. The lowest BCUT2D eigenvalue weighted by Gasteiger charge is -2.18. The number of carbonyl (C=O) groups is 1. The topological polar surface area (TPSA) is 59.3 Å². The molecule has 0 bridgehead atoms. The van der Waals surface area contributed by atoms with Crippen molar-refractivity contribution in [1.82, 2.24) is 4.57 Å². The normalized spacial score (nSPS) is 11.7. The maximum Gasteiger partial charge on any atom is 0.431 e. The lowest BCUT2D eigenvalue weighted by atomic mass is 10.1. The Balaban J connectivity index is 2.49. The summed E-state index contributed by atoms with van der Waals surface area (Å²) in [7, 11) is 0. The Hall–Kier alpha value is -2.61. The molecule has 3 rings (SSSR count). The van der Waals surface area contributed by atoms with E-state index in [4.69, 9.17) is 5.11 Å². The summed E-state index contributed by atoms with van der Waals surface area (Å²) in [6, 6.07) is 10.7. The number of pyridine rings is 1. The Kier molecular flexibility index (Phi) is 4.16. The average molecular weight is 412 g/mol. The van der Waals surface area contributed by atoms with Crippen LogP contribution in [0.15, 0.2) is 57.8 Å². The molecule has 0 aliphatic carbocycles. The van der Waals surface area contributed by atoms with Crippen LogP contribution in [-0.2, 0) is 6.18 Å². The first-order chi connectivity index (χ1) is 11.7. The lowest BCUT2D eigenvalue weighted by molar-refractivity contribution is -0.142. The first-order valence-corrected chi connectivity index (χ1v) is 7.75. The van der Waals surface area contributed by atoms with E-state index in [0.29, 0.717) is 31.9 Å². The van der Waals surface area contributed by atoms with Crippen molar-refractivity contribution in [2.45, 2.75) is 6.18 Å². The number of aromatic carboxylic acids is 1. The molecular formula is C17H9BrF3NO3. The molecule has 2 aromatic carbocycles. The number of hydrogen-bond acceptors (Lipinski definition) is 2. The van der Waals surface area contributed by atoms with Crippen LogP contribution in [0.2, 0.25) is 0 Å². The van der Waals surface area contributed by atoms with Gasteiger partial charge in [0.05, 0.1) is 5.69 Å². The summed E-state index contributed by atoms with van der Waals surface area (Å²) in [5.41, 5.74) is -3.26. The van der Waals surface area contributed by atoms with Gasteiger partial charge in [-0.15, -0.1) is 0 Å². The van der Waals surface area contributed by atoms with Gasteiger partial charge in [-0.2, -0.15) is 13.2 Å². The number of aromatic nitrogens is 1. The molecule has 0 saturated heterocycles. The summed E-state index contributed by atoms with van der Waals surface area (Å²) < 4.78 is 41.3. The largest absolute Gasteiger partial charge is 0.477 e. The zero-order chi connectivity index (χ0) is 18.4. The number of benzene rings is 2. The van der Waals surface area contributed by atoms with E-state index in [2.05, 4.69) is 15.9 Å². The van der Waals surface area contributed by atoms with E-state index in [-0.39, 0.29) is 5.69 Å². The van der Waals surface area contributed by atoms with Gasteiger partial charge in [-0.05, 0) is 29.7 Å². The molecule has 1 N–H and O–H groups in total. The monoisotopic (exact) mass is 411 g/mol. The first-order valence-electron chi connectivity index (χ1n) is 6.96. The second-order valence-electron chi connectivity index (χ2n) is 5.19. The van der Waals surface area contributed by atoms with Crippen molar-refractivity contribution in [3.63, 3.8) is 0 Å². The molecule has 0 radical (unpaired) electrons. The van der Waals surface area contributed by atoms with Gasteiger partial charge in [-0.1, -0.05) is 40.2 Å². The van der Waals surface area contributed by atoms with E-state index in [1.165, 1.54) is 12.1 Å². The highest BCUT2D eigenvalue weighted by atomic mass is 79.9. The van der Waals surface area contributed by atoms with Gasteiger partial charge in [-0.3, -0.25) is 9.36 Å². The number of fused-ring (bicyclic) bond motifs is 1. The van der Waals surface area contributed by atoms with Crippen LogP contribution in [0.5, 0.6) is 0 Å². The molecule has 3 aromatic rings. The van der Waals surface area contributed by atoms with E-state index in [1.807, 2.05) is 0 Å². The fraction of sp³-hybridized carbons (Fsp3) is 0.0588. The van der Waals surface area contributed by atoms with E-state index in [1.54, 1.807) is 24.3 Å². The number of hydrogen-bond donors (Lipinski definition) is 1. The fourth-order valence-electron chi connectivity index (χ4n) is 2.61. The van der Waals surface area contributed by atoms with Crippen molar-refractivity contribution in [3.8, 4) is 5.69 Å². The van der Waals surface area contributed by atoms with Crippen LogP contribution < -0.4 is 5.56 Å². The van der Waals surface area contributed by atoms with Gasteiger partial charge >= 0.3 is 12.1 Å². The third-order valence-electron chi connectivity index (χ3n) is 3.69. The maximum atomic E-state index is 13.4. The van der Waals surface area contributed by atoms with Crippen LogP contribution >= 0.6 is 15.9 Å². The number of carboxylic acid groups (broad SMARTS) is 1. The van der Waals surface area contributed by atoms with Gasteiger partial charge in [0.15, 0.2) is 0 Å². The molecule has 1 aromatic heterocycles. The summed E-state index contributed by atoms with van der Waals surface area (Å²) in [4.78, 5) is 23.7. The molecule has 0 amide bonds. The van der Waals surface area contributed by atoms with Crippen molar-refractivity contribution in [2.24, 2.45) is 0 Å². The second-order valence-corrected chi connectivity index (χ2v) is 6.04. The molecule has 128 valence electrons. The van der Waals surface area contributed by atoms with E-state index in [0.717, 1.165) is 0 Å². The summed E-state index contributed by atoms with van der Waals surface area (Å²) in [6.45, 7) is 0. The summed E-state index contributed by atoms with van der Waals surface area (Å²) >= 11 is 3.31. The van der Waals surface area contributed by atoms with Crippen LogP contribution in [0, 0.1) is 0 Å². The molecular weight excluding hydrogens is 403 g/mol. The van der Waals surface area contributed by atoms with Crippen LogP contribution in [0.4, 0.5) is 13.2 Å². The van der Waals surface area contributed by atoms with Crippen molar-refractivity contribution in [1.29, 1.82) is 0 Å². The second kappa shape index (κ2) is 6.03. The van der Waals surface area contributed by atoms with Crippen LogP contribution in [0.3, 0.4) is 0 Å².